The fraction of sp³-hybridized carbons (Fsp3) is 0.350. The molecule has 1 heterocycles. The van der Waals surface area contributed by atoms with E-state index in [4.69, 9.17) is 21.7 Å². The van der Waals surface area contributed by atoms with Gasteiger partial charge in [0, 0.05) is 13.1 Å². The minimum atomic E-state index is 0.194. The predicted molar refractivity (Wildman–Crippen MR) is 104 cm³/mol. The van der Waals surface area contributed by atoms with Crippen molar-refractivity contribution in [3.8, 4) is 11.5 Å². The van der Waals surface area contributed by atoms with Crippen LogP contribution in [0.1, 0.15) is 29.7 Å². The van der Waals surface area contributed by atoms with Crippen molar-refractivity contribution < 1.29 is 9.47 Å². The maximum absolute atomic E-state index is 5.65. The van der Waals surface area contributed by atoms with Crippen LogP contribution in [0.25, 0.3) is 0 Å². The number of ether oxygens (including phenoxy) is 2. The summed E-state index contributed by atoms with van der Waals surface area (Å²) in [5.41, 5.74) is 3.77. The minimum absolute atomic E-state index is 0.194. The molecule has 25 heavy (non-hydrogen) atoms. The van der Waals surface area contributed by atoms with Crippen LogP contribution < -0.4 is 14.8 Å². The molecular weight excluding hydrogens is 332 g/mol. The Hall–Kier alpha value is -2.27. The summed E-state index contributed by atoms with van der Waals surface area (Å²) in [4.78, 5) is 2.24. The summed E-state index contributed by atoms with van der Waals surface area (Å²) >= 11 is 5.65. The molecule has 0 saturated carbocycles. The molecule has 2 aromatic rings. The van der Waals surface area contributed by atoms with E-state index in [0.717, 1.165) is 36.1 Å². The highest BCUT2D eigenvalue weighted by atomic mass is 32.1. The average molecular weight is 356 g/mol. The number of rotatable bonds is 4. The van der Waals surface area contributed by atoms with Crippen LogP contribution in [0.5, 0.6) is 11.5 Å². The third-order valence-corrected chi connectivity index (χ3v) is 5.11. The highest BCUT2D eigenvalue weighted by Crippen LogP contribution is 2.37. The molecule has 0 aromatic heterocycles. The van der Waals surface area contributed by atoms with Gasteiger partial charge in [0.2, 0.25) is 0 Å². The molecule has 0 aliphatic carbocycles. The molecule has 5 heteroatoms. The van der Waals surface area contributed by atoms with E-state index in [1.165, 1.54) is 16.7 Å². The molecule has 0 bridgehead atoms. The van der Waals surface area contributed by atoms with Crippen molar-refractivity contribution in [2.45, 2.75) is 25.9 Å². The largest absolute Gasteiger partial charge is 0.493 e. The monoisotopic (exact) mass is 356 g/mol. The minimum Gasteiger partial charge on any atom is -0.493 e. The summed E-state index contributed by atoms with van der Waals surface area (Å²) < 4.78 is 10.9. The Labute approximate surface area is 154 Å². The molecule has 0 saturated heterocycles. The van der Waals surface area contributed by atoms with Gasteiger partial charge in [-0.15, -0.1) is 0 Å². The second-order valence-corrected chi connectivity index (χ2v) is 6.56. The van der Waals surface area contributed by atoms with E-state index in [9.17, 15) is 0 Å². The van der Waals surface area contributed by atoms with E-state index in [-0.39, 0.29) is 6.04 Å². The van der Waals surface area contributed by atoms with Crippen molar-refractivity contribution in [2.24, 2.45) is 0 Å². The quantitative estimate of drug-likeness (QED) is 0.845. The first-order valence-corrected chi connectivity index (χ1v) is 8.88. The maximum atomic E-state index is 5.65. The van der Waals surface area contributed by atoms with Crippen LogP contribution in [0.15, 0.2) is 42.5 Å². The van der Waals surface area contributed by atoms with Gasteiger partial charge in [-0.25, -0.2) is 0 Å². The molecule has 0 unspecified atom stereocenters. The molecule has 0 spiro atoms. The maximum Gasteiger partial charge on any atom is 0.169 e. The number of thiocarbonyl (C=S) groups is 1. The molecule has 0 fully saturated rings. The van der Waals surface area contributed by atoms with Gasteiger partial charge in [0.25, 0.3) is 0 Å². The smallest absolute Gasteiger partial charge is 0.169 e. The lowest BCUT2D eigenvalue weighted by atomic mass is 9.93. The van der Waals surface area contributed by atoms with Gasteiger partial charge in [-0.3, -0.25) is 0 Å². The summed E-state index contributed by atoms with van der Waals surface area (Å²) in [6, 6.07) is 14.7. The molecule has 1 atom stereocenters. The molecule has 1 N–H and O–H groups in total. The van der Waals surface area contributed by atoms with Crippen molar-refractivity contribution in [3.63, 3.8) is 0 Å². The molecule has 0 amide bonds. The number of hydrogen-bond acceptors (Lipinski definition) is 3. The Morgan fingerprint density at radius 2 is 1.84 bits per heavy atom. The van der Waals surface area contributed by atoms with Crippen molar-refractivity contribution in [2.75, 3.05) is 20.8 Å². The molecule has 0 radical (unpaired) electrons. The normalized spacial score (nSPS) is 16.1. The topological polar surface area (TPSA) is 33.7 Å². The van der Waals surface area contributed by atoms with Crippen LogP contribution in [0, 0.1) is 0 Å². The first-order chi connectivity index (χ1) is 12.1. The van der Waals surface area contributed by atoms with Crippen LogP contribution in [-0.4, -0.2) is 30.8 Å². The second kappa shape index (κ2) is 7.74. The summed E-state index contributed by atoms with van der Waals surface area (Å²) in [6.07, 6.45) is 0.938. The Kier molecular flexibility index (Phi) is 5.43. The zero-order valence-electron chi connectivity index (χ0n) is 14.9. The van der Waals surface area contributed by atoms with Gasteiger partial charge in [-0.1, -0.05) is 30.3 Å². The molecule has 1 aliphatic rings. The van der Waals surface area contributed by atoms with Crippen LogP contribution in [0.2, 0.25) is 0 Å². The first-order valence-electron chi connectivity index (χ1n) is 8.47. The number of methoxy groups -OCH3 is 2. The lowest BCUT2D eigenvalue weighted by Crippen LogP contribution is -2.44. The van der Waals surface area contributed by atoms with Gasteiger partial charge in [-0.2, -0.15) is 0 Å². The van der Waals surface area contributed by atoms with Gasteiger partial charge < -0.3 is 19.7 Å². The van der Waals surface area contributed by atoms with Crippen LogP contribution in [0.3, 0.4) is 0 Å². The zero-order valence-corrected chi connectivity index (χ0v) is 15.7. The van der Waals surface area contributed by atoms with Crippen molar-refractivity contribution in [1.29, 1.82) is 0 Å². The summed E-state index contributed by atoms with van der Waals surface area (Å²) in [5, 5.41) is 4.17. The van der Waals surface area contributed by atoms with Gasteiger partial charge in [0.15, 0.2) is 16.6 Å². The summed E-state index contributed by atoms with van der Waals surface area (Å²) in [7, 11) is 3.34. The Morgan fingerprint density at radius 1 is 1.16 bits per heavy atom. The van der Waals surface area contributed by atoms with Crippen molar-refractivity contribution >= 4 is 17.3 Å². The Morgan fingerprint density at radius 3 is 2.52 bits per heavy atom. The van der Waals surface area contributed by atoms with E-state index < -0.39 is 0 Å². The number of benzene rings is 2. The fourth-order valence-electron chi connectivity index (χ4n) is 3.30. The molecule has 2 aromatic carbocycles. The summed E-state index contributed by atoms with van der Waals surface area (Å²) in [5.74, 6) is 1.55. The van der Waals surface area contributed by atoms with Crippen LogP contribution >= 0.6 is 12.2 Å². The highest BCUT2D eigenvalue weighted by molar-refractivity contribution is 7.80. The SMILES string of the molecule is COc1cc2c(cc1OC)[C@@H](C)N(C(=S)NCc1ccccc1)CC2. The third kappa shape index (κ3) is 3.71. The van der Waals surface area contributed by atoms with Gasteiger partial charge in [-0.05, 0) is 54.4 Å². The Bertz CT molecular complexity index is 749. The number of nitrogens with one attached hydrogen (secondary N) is 1. The fourth-order valence-corrected chi connectivity index (χ4v) is 3.62. The molecule has 1 aliphatic heterocycles. The molecular formula is C20H24N2O2S. The van der Waals surface area contributed by atoms with Crippen LogP contribution in [-0.2, 0) is 13.0 Å². The van der Waals surface area contributed by atoms with Crippen molar-refractivity contribution in [1.82, 2.24) is 10.2 Å². The predicted octanol–water partition coefficient (Wildman–Crippen LogP) is 3.70. The highest BCUT2D eigenvalue weighted by Gasteiger charge is 2.27. The van der Waals surface area contributed by atoms with Gasteiger partial charge >= 0.3 is 0 Å². The van der Waals surface area contributed by atoms with E-state index in [1.54, 1.807) is 14.2 Å². The van der Waals surface area contributed by atoms with Gasteiger partial charge in [0.1, 0.15) is 0 Å². The van der Waals surface area contributed by atoms with E-state index >= 15 is 0 Å². The third-order valence-electron chi connectivity index (χ3n) is 4.73. The van der Waals surface area contributed by atoms with E-state index in [2.05, 4.69) is 41.4 Å². The summed E-state index contributed by atoms with van der Waals surface area (Å²) in [6.45, 7) is 3.81. The first kappa shape index (κ1) is 17.5. The molecule has 4 nitrogen and oxygen atoms in total. The second-order valence-electron chi connectivity index (χ2n) is 6.17. The van der Waals surface area contributed by atoms with Crippen LogP contribution in [0.4, 0.5) is 0 Å². The van der Waals surface area contributed by atoms with E-state index in [1.807, 2.05) is 18.2 Å². The average Bonchev–Trinajstić information content (AvgIpc) is 2.66. The number of nitrogens with zero attached hydrogens (tertiary/aromatic N) is 1. The lowest BCUT2D eigenvalue weighted by Gasteiger charge is -2.37. The molecule has 3 rings (SSSR count). The molecule has 132 valence electrons. The lowest BCUT2D eigenvalue weighted by molar-refractivity contribution is 0.308. The number of hydrogen-bond donors (Lipinski definition) is 1. The van der Waals surface area contributed by atoms with Crippen molar-refractivity contribution in [3.05, 3.63) is 59.2 Å². The van der Waals surface area contributed by atoms with E-state index in [0.29, 0.717) is 0 Å². The Balaban J connectivity index is 1.74. The standard InChI is InChI=1S/C20H24N2O2S/c1-14-17-12-19(24-3)18(23-2)11-16(17)9-10-22(14)20(25)21-13-15-7-5-4-6-8-15/h4-8,11-12,14H,9-10,13H2,1-3H3,(H,21,25)/t14-/m1/s1. The zero-order chi connectivity index (χ0) is 17.8. The van der Waals surface area contributed by atoms with Gasteiger partial charge in [0.05, 0.1) is 20.3 Å². The number of fused-ring (bicyclic) bond motifs is 1.